The summed E-state index contributed by atoms with van der Waals surface area (Å²) < 4.78 is 3.47. The van der Waals surface area contributed by atoms with E-state index in [1.54, 1.807) is 0 Å². The first-order valence-electron chi connectivity index (χ1n) is 8.51. The highest BCUT2D eigenvalue weighted by Crippen LogP contribution is 2.27. The molecule has 0 N–H and O–H groups in total. The van der Waals surface area contributed by atoms with Crippen molar-refractivity contribution in [1.29, 1.82) is 0 Å². The molecular formula is C20H23BrN2. The normalized spacial score (nSPS) is 11.2. The van der Waals surface area contributed by atoms with Gasteiger partial charge in [0.15, 0.2) is 0 Å². The van der Waals surface area contributed by atoms with Gasteiger partial charge in [0, 0.05) is 16.6 Å². The molecule has 2 aromatic carbocycles. The molecule has 0 atom stereocenters. The molecule has 0 amide bonds. The van der Waals surface area contributed by atoms with E-state index in [4.69, 9.17) is 4.98 Å². The van der Waals surface area contributed by atoms with Crippen molar-refractivity contribution >= 4 is 27.0 Å². The van der Waals surface area contributed by atoms with E-state index in [-0.39, 0.29) is 0 Å². The lowest BCUT2D eigenvalue weighted by Gasteiger charge is -2.09. The van der Waals surface area contributed by atoms with Gasteiger partial charge < -0.3 is 4.57 Å². The van der Waals surface area contributed by atoms with Gasteiger partial charge in [-0.2, -0.15) is 0 Å². The molecule has 0 aliphatic rings. The zero-order valence-corrected chi connectivity index (χ0v) is 15.2. The van der Waals surface area contributed by atoms with Crippen LogP contribution in [0.25, 0.3) is 22.4 Å². The Morgan fingerprint density at radius 3 is 2.61 bits per heavy atom. The Morgan fingerprint density at radius 1 is 0.957 bits per heavy atom. The van der Waals surface area contributed by atoms with Gasteiger partial charge in [0.2, 0.25) is 0 Å². The number of fused-ring (bicyclic) bond motifs is 1. The molecule has 0 unspecified atom stereocenters. The predicted molar refractivity (Wildman–Crippen MR) is 102 cm³/mol. The van der Waals surface area contributed by atoms with Crippen LogP contribution in [0.5, 0.6) is 0 Å². The molecule has 1 heterocycles. The van der Waals surface area contributed by atoms with E-state index in [2.05, 4.69) is 76.0 Å². The Labute approximate surface area is 146 Å². The molecule has 0 aliphatic carbocycles. The van der Waals surface area contributed by atoms with Gasteiger partial charge in [0.1, 0.15) is 5.82 Å². The van der Waals surface area contributed by atoms with Gasteiger partial charge in [0.25, 0.3) is 0 Å². The molecule has 0 bridgehead atoms. The number of rotatable bonds is 7. The Kier molecular flexibility index (Phi) is 5.50. The van der Waals surface area contributed by atoms with E-state index in [1.807, 2.05) is 0 Å². The SMILES string of the molecule is CCCCCCCn1c(-c2cccc(Br)c2)nc2ccccc21. The maximum Gasteiger partial charge on any atom is 0.141 e. The van der Waals surface area contributed by atoms with Crippen LogP contribution in [0.15, 0.2) is 53.0 Å². The molecule has 3 heteroatoms. The summed E-state index contributed by atoms with van der Waals surface area (Å²) in [6, 6.07) is 16.9. The van der Waals surface area contributed by atoms with Crippen LogP contribution >= 0.6 is 15.9 Å². The highest BCUT2D eigenvalue weighted by molar-refractivity contribution is 9.10. The fourth-order valence-electron chi connectivity index (χ4n) is 3.02. The van der Waals surface area contributed by atoms with Crippen molar-refractivity contribution in [1.82, 2.24) is 9.55 Å². The molecule has 0 saturated heterocycles. The summed E-state index contributed by atoms with van der Waals surface area (Å²) in [6.07, 6.45) is 6.45. The second-order valence-corrected chi connectivity index (χ2v) is 6.92. The number of aromatic nitrogens is 2. The molecule has 3 aromatic rings. The van der Waals surface area contributed by atoms with Crippen LogP contribution < -0.4 is 0 Å². The standard InChI is InChI=1S/C20H23BrN2/c1-2-3-4-5-8-14-23-19-13-7-6-12-18(19)22-20(23)16-10-9-11-17(21)15-16/h6-7,9-13,15H,2-5,8,14H2,1H3. The van der Waals surface area contributed by atoms with E-state index in [0.717, 1.165) is 22.4 Å². The van der Waals surface area contributed by atoms with Crippen molar-refractivity contribution in [3.63, 3.8) is 0 Å². The predicted octanol–water partition coefficient (Wildman–Crippen LogP) is 6.44. The van der Waals surface area contributed by atoms with Crippen molar-refractivity contribution in [3.8, 4) is 11.4 Å². The average molecular weight is 371 g/mol. The number of para-hydroxylation sites is 2. The quantitative estimate of drug-likeness (QED) is 0.437. The zero-order valence-electron chi connectivity index (χ0n) is 13.6. The molecule has 0 aliphatic heterocycles. The second-order valence-electron chi connectivity index (χ2n) is 6.00. The molecule has 0 spiro atoms. The number of hydrogen-bond acceptors (Lipinski definition) is 1. The minimum atomic E-state index is 1.03. The van der Waals surface area contributed by atoms with Crippen LogP contribution in [-0.4, -0.2) is 9.55 Å². The first-order chi connectivity index (χ1) is 11.3. The van der Waals surface area contributed by atoms with E-state index in [9.17, 15) is 0 Å². The van der Waals surface area contributed by atoms with Gasteiger partial charge in [-0.3, -0.25) is 0 Å². The molecule has 0 saturated carbocycles. The fourth-order valence-corrected chi connectivity index (χ4v) is 3.42. The van der Waals surface area contributed by atoms with Gasteiger partial charge in [0.05, 0.1) is 11.0 Å². The molecule has 1 aromatic heterocycles. The highest BCUT2D eigenvalue weighted by Gasteiger charge is 2.12. The summed E-state index contributed by atoms with van der Waals surface area (Å²) in [7, 11) is 0. The number of nitrogens with zero attached hydrogens (tertiary/aromatic N) is 2. The van der Waals surface area contributed by atoms with Crippen LogP contribution in [0.3, 0.4) is 0 Å². The van der Waals surface area contributed by atoms with E-state index < -0.39 is 0 Å². The third kappa shape index (κ3) is 3.84. The summed E-state index contributed by atoms with van der Waals surface area (Å²) in [5.74, 6) is 1.07. The van der Waals surface area contributed by atoms with Crippen LogP contribution in [0, 0.1) is 0 Å². The number of benzene rings is 2. The second kappa shape index (κ2) is 7.78. The van der Waals surface area contributed by atoms with Crippen LogP contribution in [0.4, 0.5) is 0 Å². The first-order valence-corrected chi connectivity index (χ1v) is 9.30. The van der Waals surface area contributed by atoms with Gasteiger partial charge in [-0.25, -0.2) is 4.98 Å². The molecule has 0 radical (unpaired) electrons. The molecule has 2 nitrogen and oxygen atoms in total. The van der Waals surface area contributed by atoms with E-state index >= 15 is 0 Å². The highest BCUT2D eigenvalue weighted by atomic mass is 79.9. The minimum absolute atomic E-state index is 1.03. The molecular weight excluding hydrogens is 348 g/mol. The van der Waals surface area contributed by atoms with Crippen molar-refractivity contribution in [3.05, 3.63) is 53.0 Å². The monoisotopic (exact) mass is 370 g/mol. The van der Waals surface area contributed by atoms with Gasteiger partial charge >= 0.3 is 0 Å². The van der Waals surface area contributed by atoms with Crippen LogP contribution in [-0.2, 0) is 6.54 Å². The first kappa shape index (κ1) is 16.3. The van der Waals surface area contributed by atoms with Crippen molar-refractivity contribution in [2.75, 3.05) is 0 Å². The Morgan fingerprint density at radius 2 is 1.78 bits per heavy atom. The average Bonchev–Trinajstić information content (AvgIpc) is 2.94. The maximum absolute atomic E-state index is 4.88. The summed E-state index contributed by atoms with van der Waals surface area (Å²) in [6.45, 7) is 3.29. The lowest BCUT2D eigenvalue weighted by Crippen LogP contribution is -2.01. The number of imidazole rings is 1. The maximum atomic E-state index is 4.88. The molecule has 23 heavy (non-hydrogen) atoms. The smallest absolute Gasteiger partial charge is 0.141 e. The van der Waals surface area contributed by atoms with E-state index in [1.165, 1.54) is 43.2 Å². The number of aryl methyl sites for hydroxylation is 1. The lowest BCUT2D eigenvalue weighted by atomic mass is 10.1. The molecule has 3 rings (SSSR count). The van der Waals surface area contributed by atoms with Crippen LogP contribution in [0.1, 0.15) is 39.0 Å². The number of halogens is 1. The minimum Gasteiger partial charge on any atom is -0.324 e. The zero-order chi connectivity index (χ0) is 16.1. The van der Waals surface area contributed by atoms with Gasteiger partial charge in [-0.1, -0.05) is 72.8 Å². The Bertz CT molecular complexity index is 776. The summed E-state index contributed by atoms with van der Waals surface area (Å²) in [5, 5.41) is 0. The fraction of sp³-hybridized carbons (Fsp3) is 0.350. The third-order valence-corrected chi connectivity index (χ3v) is 4.72. The molecule has 0 fully saturated rings. The topological polar surface area (TPSA) is 17.8 Å². The largest absolute Gasteiger partial charge is 0.324 e. The van der Waals surface area contributed by atoms with Crippen molar-refractivity contribution in [2.45, 2.75) is 45.6 Å². The van der Waals surface area contributed by atoms with Crippen molar-refractivity contribution in [2.24, 2.45) is 0 Å². The van der Waals surface area contributed by atoms with Gasteiger partial charge in [-0.15, -0.1) is 0 Å². The summed E-state index contributed by atoms with van der Waals surface area (Å²) in [4.78, 5) is 4.88. The Hall–Kier alpha value is -1.61. The number of hydrogen-bond donors (Lipinski definition) is 0. The third-order valence-electron chi connectivity index (χ3n) is 4.22. The Balaban J connectivity index is 1.91. The summed E-state index contributed by atoms with van der Waals surface area (Å²) in [5.41, 5.74) is 3.48. The van der Waals surface area contributed by atoms with Gasteiger partial charge in [-0.05, 0) is 30.7 Å². The van der Waals surface area contributed by atoms with Crippen molar-refractivity contribution < 1.29 is 0 Å². The van der Waals surface area contributed by atoms with E-state index in [0.29, 0.717) is 0 Å². The lowest BCUT2D eigenvalue weighted by molar-refractivity contribution is 0.578. The van der Waals surface area contributed by atoms with Crippen LogP contribution in [0.2, 0.25) is 0 Å². The molecule has 120 valence electrons. The summed E-state index contributed by atoms with van der Waals surface area (Å²) >= 11 is 3.57. The number of unbranched alkanes of at least 4 members (excludes halogenated alkanes) is 4.